The van der Waals surface area contributed by atoms with Crippen LogP contribution in [0.15, 0.2) is 43.1 Å². The largest absolute Gasteiger partial charge is 0.508 e. The van der Waals surface area contributed by atoms with Crippen molar-refractivity contribution in [2.24, 2.45) is 0 Å². The number of fused-ring (bicyclic) bond motifs is 5. The third-order valence-electron chi connectivity index (χ3n) is 10.3. The Morgan fingerprint density at radius 3 is 2.75 bits per heavy atom. The minimum Gasteiger partial charge on any atom is -0.508 e. The van der Waals surface area contributed by atoms with Gasteiger partial charge in [0.1, 0.15) is 40.6 Å². The van der Waals surface area contributed by atoms with E-state index in [0.29, 0.717) is 22.1 Å². The second-order valence-corrected chi connectivity index (χ2v) is 13.0. The fourth-order valence-corrected chi connectivity index (χ4v) is 8.00. The van der Waals surface area contributed by atoms with Crippen LogP contribution in [0.3, 0.4) is 0 Å². The van der Waals surface area contributed by atoms with Gasteiger partial charge < -0.3 is 24.5 Å². The Balaban J connectivity index is 1.37. The van der Waals surface area contributed by atoms with E-state index in [1.807, 2.05) is 18.9 Å². The minimum absolute atomic E-state index is 0.0173. The lowest BCUT2D eigenvalue weighted by atomic mass is 9.94. The average Bonchev–Trinajstić information content (AvgIpc) is 3.51. The zero-order valence-corrected chi connectivity index (χ0v) is 26.4. The van der Waals surface area contributed by atoms with Gasteiger partial charge in [-0.15, -0.1) is 6.42 Å². The number of ether oxygens (including phenoxy) is 1. The number of nitrogens with zero attached hydrogens (tertiary/aromatic N) is 6. The third kappa shape index (κ3) is 4.27. The Morgan fingerprint density at radius 1 is 1.21 bits per heavy atom. The molecule has 0 bridgehead atoms. The van der Waals surface area contributed by atoms with Gasteiger partial charge in [0, 0.05) is 41.2 Å². The summed E-state index contributed by atoms with van der Waals surface area (Å²) in [6.07, 6.45) is 9.84. The van der Waals surface area contributed by atoms with Gasteiger partial charge in [-0.3, -0.25) is 19.5 Å². The maximum atomic E-state index is 17.0. The molecule has 8 rings (SSSR count). The molecule has 2 amide bonds. The van der Waals surface area contributed by atoms with E-state index in [4.69, 9.17) is 16.1 Å². The van der Waals surface area contributed by atoms with Crippen LogP contribution in [0.1, 0.15) is 25.3 Å². The molecule has 0 unspecified atom stereocenters. The average molecular weight is 651 g/mol. The number of benzene rings is 2. The summed E-state index contributed by atoms with van der Waals surface area (Å²) in [6.45, 7) is 7.10. The quantitative estimate of drug-likeness (QED) is 0.260. The number of anilines is 2. The van der Waals surface area contributed by atoms with Crippen LogP contribution < -0.4 is 14.5 Å². The van der Waals surface area contributed by atoms with Crippen molar-refractivity contribution >= 4 is 44.9 Å². The molecule has 4 atom stereocenters. The van der Waals surface area contributed by atoms with Crippen LogP contribution in [0.25, 0.3) is 32.9 Å². The summed E-state index contributed by atoms with van der Waals surface area (Å²) in [7, 11) is 2.02. The normalized spacial score (nSPS) is 23.6. The first-order valence-electron chi connectivity index (χ1n) is 15.9. The number of hydrogen-bond donors (Lipinski definition) is 1. The molecule has 10 nitrogen and oxygen atoms in total. The van der Waals surface area contributed by atoms with Crippen LogP contribution in [0.4, 0.5) is 20.2 Å². The number of terminal acetylenes is 1. The Kier molecular flexibility index (Phi) is 6.82. The van der Waals surface area contributed by atoms with Crippen LogP contribution in [-0.4, -0.2) is 94.1 Å². The van der Waals surface area contributed by atoms with Gasteiger partial charge in [0.15, 0.2) is 5.82 Å². The van der Waals surface area contributed by atoms with Crippen LogP contribution in [0.2, 0.25) is 0 Å². The summed E-state index contributed by atoms with van der Waals surface area (Å²) in [5.74, 6) is 0.380. The molecule has 4 aromatic rings. The molecule has 244 valence electrons. The molecule has 2 aromatic heterocycles. The zero-order chi connectivity index (χ0) is 33.6. The van der Waals surface area contributed by atoms with E-state index in [1.54, 1.807) is 9.80 Å². The Labute approximate surface area is 275 Å². The summed E-state index contributed by atoms with van der Waals surface area (Å²) in [5.41, 5.74) is 0.783. The molecule has 0 aliphatic carbocycles. The van der Waals surface area contributed by atoms with Crippen molar-refractivity contribution < 1.29 is 28.2 Å². The first-order valence-corrected chi connectivity index (χ1v) is 15.9. The van der Waals surface area contributed by atoms with Gasteiger partial charge in [0.2, 0.25) is 11.8 Å². The van der Waals surface area contributed by atoms with Crippen molar-refractivity contribution in [3.8, 4) is 35.2 Å². The van der Waals surface area contributed by atoms with Gasteiger partial charge in [0.05, 0.1) is 24.3 Å². The Morgan fingerprint density at radius 2 is 2.02 bits per heavy atom. The van der Waals surface area contributed by atoms with Gasteiger partial charge in [0.25, 0.3) is 5.91 Å². The highest BCUT2D eigenvalue weighted by Gasteiger charge is 2.50. The van der Waals surface area contributed by atoms with E-state index in [2.05, 4.69) is 22.4 Å². The summed E-state index contributed by atoms with van der Waals surface area (Å²) in [4.78, 5) is 43.8. The lowest BCUT2D eigenvalue weighted by Gasteiger charge is -2.52. The first-order chi connectivity index (χ1) is 23.1. The van der Waals surface area contributed by atoms with Gasteiger partial charge >= 0.3 is 0 Å². The Hall–Kier alpha value is -5.28. The van der Waals surface area contributed by atoms with Crippen molar-refractivity contribution in [1.82, 2.24) is 19.8 Å². The van der Waals surface area contributed by atoms with E-state index in [-0.39, 0.29) is 82.9 Å². The van der Waals surface area contributed by atoms with E-state index >= 15 is 4.39 Å². The van der Waals surface area contributed by atoms with Gasteiger partial charge in [-0.05, 0) is 63.0 Å². The van der Waals surface area contributed by atoms with E-state index in [9.17, 15) is 19.1 Å². The molecule has 1 N–H and O–H groups in total. The molecule has 0 radical (unpaired) electrons. The summed E-state index contributed by atoms with van der Waals surface area (Å²) in [5, 5.41) is 11.6. The number of phenols is 1. The number of halogens is 2. The van der Waals surface area contributed by atoms with E-state index < -0.39 is 23.8 Å². The lowest BCUT2D eigenvalue weighted by molar-refractivity contribution is -0.131. The molecular formula is C36H32F2N6O4. The predicted molar refractivity (Wildman–Crippen MR) is 177 cm³/mol. The first kappa shape index (κ1) is 30.1. The van der Waals surface area contributed by atoms with Crippen molar-refractivity contribution in [3.63, 3.8) is 0 Å². The highest BCUT2D eigenvalue weighted by Crippen LogP contribution is 2.51. The zero-order valence-electron chi connectivity index (χ0n) is 26.4. The second kappa shape index (κ2) is 10.9. The van der Waals surface area contributed by atoms with E-state index in [0.717, 1.165) is 19.4 Å². The molecule has 0 spiro atoms. The molecule has 4 aliphatic heterocycles. The maximum absolute atomic E-state index is 17.0. The number of rotatable bonds is 3. The monoisotopic (exact) mass is 650 g/mol. The predicted octanol–water partition coefficient (Wildman–Crippen LogP) is 4.21. The number of piperazine rings is 1. The number of carbonyl (C=O) groups excluding carboxylic acids is 2. The maximum Gasteiger partial charge on any atom is 0.251 e. The Bertz CT molecular complexity index is 2130. The number of carbonyl (C=O) groups is 2. The minimum atomic E-state index is -0.817. The highest BCUT2D eigenvalue weighted by molar-refractivity contribution is 6.14. The number of aromatic hydroxyl groups is 1. The van der Waals surface area contributed by atoms with Gasteiger partial charge in [-0.1, -0.05) is 18.6 Å². The molecule has 0 saturated carbocycles. The molecular weight excluding hydrogens is 618 g/mol. The SMILES string of the molecule is C#Cc1c(F)ccc2cc(O)cc(-c3ncc4c5c6c(nc4c3F)O[C@@H]([C@@H]3CCCN3C)CN6C(=O)[C@H]3CN(C(=O)C=C)[C@H](C)CN53)c12. The third-order valence-corrected chi connectivity index (χ3v) is 10.3. The number of hydrogen-bond acceptors (Lipinski definition) is 8. The molecule has 12 heteroatoms. The molecule has 4 aliphatic rings. The molecule has 48 heavy (non-hydrogen) atoms. The van der Waals surface area contributed by atoms with Crippen molar-refractivity contribution in [2.45, 2.75) is 44.0 Å². The molecule has 6 heterocycles. The number of amides is 2. The second-order valence-electron chi connectivity index (χ2n) is 13.0. The lowest BCUT2D eigenvalue weighted by Crippen LogP contribution is -2.67. The topological polar surface area (TPSA) is 102 Å². The number of likely N-dealkylation sites (N-methyl/N-ethyl adjacent to an activating group) is 1. The highest BCUT2D eigenvalue weighted by atomic mass is 19.1. The fraction of sp³-hybridized carbons (Fsp3) is 0.333. The molecule has 2 aromatic carbocycles. The standard InChI is InChI=1S/C36H32F2N6O4/c1-5-21-24(37)10-9-19-12-20(45)13-22(29(19)21)31-30(38)32-23(14-39-31)33-34-35(40-32)48-27(25-8-7-11-41(25)4)17-44(34)36(47)26-16-42(28(46)6-2)18(3)15-43(26)33/h1,6,9-10,12-14,18,25-27,45H,2,7-8,11,15-17H2,3-4H3/t18-,25+,26-,27-/m1/s1. The van der Waals surface area contributed by atoms with Crippen molar-refractivity contribution in [1.29, 1.82) is 0 Å². The fourth-order valence-electron chi connectivity index (χ4n) is 8.00. The summed E-state index contributed by atoms with van der Waals surface area (Å²) >= 11 is 0. The van der Waals surface area contributed by atoms with Crippen LogP contribution >= 0.6 is 0 Å². The number of pyridine rings is 2. The number of phenolic OH excluding ortho intramolecular Hbond substituents is 1. The number of aromatic nitrogens is 2. The van der Waals surface area contributed by atoms with Gasteiger partial charge in [-0.25, -0.2) is 13.8 Å². The molecule has 2 saturated heterocycles. The summed E-state index contributed by atoms with van der Waals surface area (Å²) in [6, 6.07) is 4.38. The number of likely N-dealkylation sites (tertiary alicyclic amines) is 1. The van der Waals surface area contributed by atoms with Crippen molar-refractivity contribution in [3.05, 3.63) is 60.3 Å². The van der Waals surface area contributed by atoms with Crippen LogP contribution in [0.5, 0.6) is 11.6 Å². The van der Waals surface area contributed by atoms with Crippen LogP contribution in [-0.2, 0) is 9.59 Å². The van der Waals surface area contributed by atoms with Crippen molar-refractivity contribution in [2.75, 3.05) is 43.0 Å². The van der Waals surface area contributed by atoms with E-state index in [1.165, 1.54) is 36.5 Å². The smallest absolute Gasteiger partial charge is 0.251 e. The molecule has 2 fully saturated rings. The summed E-state index contributed by atoms with van der Waals surface area (Å²) < 4.78 is 38.5. The van der Waals surface area contributed by atoms with Crippen LogP contribution in [0, 0.1) is 24.0 Å². The van der Waals surface area contributed by atoms with Gasteiger partial charge in [-0.2, -0.15) is 0 Å².